The monoisotopic (exact) mass is 504 g/mol. The molecule has 192 valence electrons. The van der Waals surface area contributed by atoms with Gasteiger partial charge in [-0.1, -0.05) is 0 Å². The predicted octanol–water partition coefficient (Wildman–Crippen LogP) is 2.74. The standard InChI is InChI=1S/C24H27F3N6O3/c1-23(2,36)19(25)12-32-11-14-8-17(30-21(34)16-10-29-33-6-3-5-28-20(16)33)18(9-15(14)22(32)35)31-7-4-24(26,27)13-31/h3,5-6,8-10,19,22,35-36H,4,7,11-13H2,1-2H3,(H,30,34)/t19-,22?/m1/s1. The van der Waals surface area contributed by atoms with E-state index in [1.165, 1.54) is 40.6 Å². The molecule has 1 amide bonds. The third-order valence-electron chi connectivity index (χ3n) is 6.70. The van der Waals surface area contributed by atoms with Crippen LogP contribution in [-0.2, 0) is 6.54 Å². The third-order valence-corrected chi connectivity index (χ3v) is 6.70. The van der Waals surface area contributed by atoms with Gasteiger partial charge in [-0.15, -0.1) is 0 Å². The Labute approximate surface area is 205 Å². The molecule has 9 nitrogen and oxygen atoms in total. The van der Waals surface area contributed by atoms with Crippen LogP contribution in [0.3, 0.4) is 0 Å². The van der Waals surface area contributed by atoms with Gasteiger partial charge in [0.15, 0.2) is 5.65 Å². The van der Waals surface area contributed by atoms with Crippen LogP contribution in [0.25, 0.3) is 5.65 Å². The number of alkyl halides is 3. The first kappa shape index (κ1) is 24.5. The largest absolute Gasteiger partial charge is 0.387 e. The number of hydrogen-bond acceptors (Lipinski definition) is 7. The summed E-state index contributed by atoms with van der Waals surface area (Å²) >= 11 is 0. The summed E-state index contributed by atoms with van der Waals surface area (Å²) in [6, 6.07) is 4.87. The molecular formula is C24H27F3N6O3. The Hall–Kier alpha value is -3.22. The topological polar surface area (TPSA) is 106 Å². The van der Waals surface area contributed by atoms with Crippen molar-refractivity contribution in [3.63, 3.8) is 0 Å². The van der Waals surface area contributed by atoms with Crippen LogP contribution in [0.5, 0.6) is 0 Å². The molecule has 0 aliphatic carbocycles. The molecule has 3 N–H and O–H groups in total. The Kier molecular flexibility index (Phi) is 5.92. The molecule has 2 atom stereocenters. The molecule has 2 aliphatic rings. The van der Waals surface area contributed by atoms with E-state index in [2.05, 4.69) is 15.4 Å². The first-order valence-electron chi connectivity index (χ1n) is 11.6. The predicted molar refractivity (Wildman–Crippen MR) is 126 cm³/mol. The molecule has 0 spiro atoms. The number of amides is 1. The number of anilines is 2. The molecule has 1 unspecified atom stereocenters. The molecular weight excluding hydrogens is 477 g/mol. The zero-order chi connectivity index (χ0) is 25.8. The Morgan fingerprint density at radius 2 is 2.14 bits per heavy atom. The molecule has 12 heteroatoms. The van der Waals surface area contributed by atoms with Gasteiger partial charge in [0.1, 0.15) is 18.0 Å². The summed E-state index contributed by atoms with van der Waals surface area (Å²) in [4.78, 5) is 20.3. The Balaban J connectivity index is 1.48. The van der Waals surface area contributed by atoms with Gasteiger partial charge in [0.05, 0.1) is 29.7 Å². The first-order valence-corrected chi connectivity index (χ1v) is 11.6. The minimum Gasteiger partial charge on any atom is -0.387 e. The number of nitrogens with zero attached hydrogens (tertiary/aromatic N) is 5. The molecule has 36 heavy (non-hydrogen) atoms. The molecule has 2 aliphatic heterocycles. The maximum absolute atomic E-state index is 14.5. The molecule has 1 fully saturated rings. The quantitative estimate of drug-likeness (QED) is 0.474. The van der Waals surface area contributed by atoms with Crippen molar-refractivity contribution in [3.8, 4) is 0 Å². The molecule has 0 saturated carbocycles. The van der Waals surface area contributed by atoms with E-state index in [9.17, 15) is 28.2 Å². The van der Waals surface area contributed by atoms with Crippen molar-refractivity contribution in [1.29, 1.82) is 0 Å². The summed E-state index contributed by atoms with van der Waals surface area (Å²) < 4.78 is 44.1. The summed E-state index contributed by atoms with van der Waals surface area (Å²) in [5.41, 5.74) is 0.646. The molecule has 3 aromatic rings. The normalized spacial score (nSPS) is 20.6. The fraction of sp³-hybridized carbons (Fsp3) is 0.458. The lowest BCUT2D eigenvalue weighted by Crippen LogP contribution is -2.41. The van der Waals surface area contributed by atoms with E-state index in [0.29, 0.717) is 28.1 Å². The van der Waals surface area contributed by atoms with Crippen molar-refractivity contribution in [1.82, 2.24) is 19.5 Å². The maximum atomic E-state index is 14.5. The fourth-order valence-electron chi connectivity index (χ4n) is 4.60. The van der Waals surface area contributed by atoms with Crippen LogP contribution in [-0.4, -0.2) is 72.9 Å². The van der Waals surface area contributed by atoms with Crippen molar-refractivity contribution >= 4 is 22.9 Å². The van der Waals surface area contributed by atoms with Crippen molar-refractivity contribution in [2.45, 2.75) is 50.7 Å². The second-order valence-electron chi connectivity index (χ2n) is 9.92. The van der Waals surface area contributed by atoms with E-state index < -0.39 is 36.4 Å². The molecule has 4 heterocycles. The number of benzene rings is 1. The van der Waals surface area contributed by atoms with Gasteiger partial charge in [0.2, 0.25) is 0 Å². The van der Waals surface area contributed by atoms with E-state index in [0.717, 1.165) is 0 Å². The summed E-state index contributed by atoms with van der Waals surface area (Å²) in [6.45, 7) is 2.16. The maximum Gasteiger partial charge on any atom is 0.266 e. The van der Waals surface area contributed by atoms with Gasteiger partial charge >= 0.3 is 0 Å². The molecule has 1 saturated heterocycles. The van der Waals surface area contributed by atoms with Gasteiger partial charge in [0.25, 0.3) is 11.8 Å². The number of nitrogens with one attached hydrogen (secondary N) is 1. The zero-order valence-electron chi connectivity index (χ0n) is 19.8. The highest BCUT2D eigenvalue weighted by atomic mass is 19.3. The van der Waals surface area contributed by atoms with E-state index in [1.807, 2.05) is 0 Å². The van der Waals surface area contributed by atoms with E-state index in [-0.39, 0.29) is 31.6 Å². The molecule has 5 rings (SSSR count). The van der Waals surface area contributed by atoms with Crippen LogP contribution in [0.2, 0.25) is 0 Å². The zero-order valence-corrected chi connectivity index (χ0v) is 19.8. The van der Waals surface area contributed by atoms with Gasteiger partial charge in [-0.3, -0.25) is 9.69 Å². The number of aliphatic hydroxyl groups excluding tert-OH is 1. The number of hydrogen-bond donors (Lipinski definition) is 3. The van der Waals surface area contributed by atoms with Crippen molar-refractivity contribution in [3.05, 3.63) is 53.5 Å². The SMILES string of the molecule is CC(C)(O)[C@H](F)CN1Cc2cc(NC(=O)c3cnn4cccnc34)c(N3CCC(F)(F)C3)cc2C1O. The summed E-state index contributed by atoms with van der Waals surface area (Å²) in [6.07, 6.45) is 1.41. The van der Waals surface area contributed by atoms with Gasteiger partial charge in [-0.2, -0.15) is 5.10 Å². The number of carbonyl (C=O) groups excluding carboxylic acids is 1. The summed E-state index contributed by atoms with van der Waals surface area (Å²) in [5.74, 6) is -3.40. The second-order valence-corrected chi connectivity index (χ2v) is 9.92. The minimum atomic E-state index is -2.88. The first-order chi connectivity index (χ1) is 16.9. The van der Waals surface area contributed by atoms with Crippen LogP contribution < -0.4 is 10.2 Å². The van der Waals surface area contributed by atoms with Crippen LogP contribution in [0.4, 0.5) is 24.5 Å². The highest BCUT2D eigenvalue weighted by Gasteiger charge is 2.41. The van der Waals surface area contributed by atoms with Crippen molar-refractivity contribution < 1.29 is 28.2 Å². The highest BCUT2D eigenvalue weighted by Crippen LogP contribution is 2.42. The highest BCUT2D eigenvalue weighted by molar-refractivity contribution is 6.09. The van der Waals surface area contributed by atoms with Gasteiger partial charge in [-0.25, -0.2) is 22.7 Å². The van der Waals surface area contributed by atoms with Crippen LogP contribution in [0.15, 0.2) is 36.8 Å². The lowest BCUT2D eigenvalue weighted by Gasteiger charge is -2.28. The summed E-state index contributed by atoms with van der Waals surface area (Å²) in [5, 5.41) is 27.8. The molecule has 2 aromatic heterocycles. The molecule has 1 aromatic carbocycles. The van der Waals surface area contributed by atoms with E-state index in [4.69, 9.17) is 0 Å². The average molecular weight is 505 g/mol. The fourth-order valence-corrected chi connectivity index (χ4v) is 4.60. The lowest BCUT2D eigenvalue weighted by atomic mass is 10.0. The number of halogens is 3. The number of aliphatic hydroxyl groups is 2. The lowest BCUT2D eigenvalue weighted by molar-refractivity contribution is -0.0547. The number of rotatable bonds is 6. The van der Waals surface area contributed by atoms with E-state index in [1.54, 1.807) is 24.4 Å². The van der Waals surface area contributed by atoms with Crippen LogP contribution in [0, 0.1) is 0 Å². The Morgan fingerprint density at radius 3 is 2.83 bits per heavy atom. The average Bonchev–Trinajstić information content (AvgIpc) is 3.48. The minimum absolute atomic E-state index is 0.0675. The Morgan fingerprint density at radius 1 is 1.36 bits per heavy atom. The third kappa shape index (κ3) is 4.51. The second kappa shape index (κ2) is 8.71. The van der Waals surface area contributed by atoms with Crippen LogP contribution in [0.1, 0.15) is 48.0 Å². The molecule has 0 bridgehead atoms. The Bertz CT molecular complexity index is 1310. The van der Waals surface area contributed by atoms with Gasteiger partial charge < -0.3 is 20.4 Å². The summed E-state index contributed by atoms with van der Waals surface area (Å²) in [7, 11) is 0. The number of fused-ring (bicyclic) bond motifs is 2. The number of carbonyl (C=O) groups is 1. The van der Waals surface area contributed by atoms with Crippen molar-refractivity contribution in [2.75, 3.05) is 29.9 Å². The van der Waals surface area contributed by atoms with Gasteiger partial charge in [-0.05, 0) is 37.6 Å². The van der Waals surface area contributed by atoms with E-state index >= 15 is 0 Å². The smallest absolute Gasteiger partial charge is 0.266 e. The van der Waals surface area contributed by atoms with Crippen LogP contribution >= 0.6 is 0 Å². The molecule has 0 radical (unpaired) electrons. The number of aromatic nitrogens is 3. The van der Waals surface area contributed by atoms with Gasteiger partial charge in [0, 0.05) is 44.0 Å². The van der Waals surface area contributed by atoms with Crippen molar-refractivity contribution in [2.24, 2.45) is 0 Å².